The molecule has 0 heterocycles. The molecule has 0 aliphatic carbocycles. The van der Waals surface area contributed by atoms with Gasteiger partial charge in [0.1, 0.15) is 0 Å². The van der Waals surface area contributed by atoms with Gasteiger partial charge in [-0.2, -0.15) is 0 Å². The van der Waals surface area contributed by atoms with Crippen LogP contribution in [0.25, 0.3) is 0 Å². The number of benzene rings is 5. The van der Waals surface area contributed by atoms with E-state index in [0.717, 1.165) is 0 Å². The summed E-state index contributed by atoms with van der Waals surface area (Å²) in [4.78, 5) is 0. The summed E-state index contributed by atoms with van der Waals surface area (Å²) in [6.45, 7) is 19.3. The van der Waals surface area contributed by atoms with Gasteiger partial charge in [-0.05, 0) is 57.6 Å². The van der Waals surface area contributed by atoms with E-state index < -0.39 is 0 Å². The van der Waals surface area contributed by atoms with Crippen molar-refractivity contribution in [3.63, 3.8) is 0 Å². The molecule has 0 bridgehead atoms. The van der Waals surface area contributed by atoms with Gasteiger partial charge in [0.2, 0.25) is 0 Å². The zero-order valence-corrected chi connectivity index (χ0v) is 26.9. The van der Waals surface area contributed by atoms with Crippen LogP contribution in [-0.4, -0.2) is 0 Å². The molecule has 0 atom stereocenters. The molecule has 0 unspecified atom stereocenters. The molecule has 0 N–H and O–H groups in total. The van der Waals surface area contributed by atoms with Crippen molar-refractivity contribution in [3.8, 4) is 0 Å². The molecule has 0 saturated carbocycles. The lowest BCUT2D eigenvalue weighted by Gasteiger charge is -2.03. The molecule has 0 saturated heterocycles. The fourth-order valence-electron chi connectivity index (χ4n) is 3.51. The summed E-state index contributed by atoms with van der Waals surface area (Å²) in [6.07, 6.45) is 0. The maximum Gasteiger partial charge on any atom is -0.0219 e. The summed E-state index contributed by atoms with van der Waals surface area (Å²) in [5.74, 6) is 1.31. The Labute approximate surface area is 252 Å². The number of hydrogen-bond acceptors (Lipinski definition) is 0. The van der Waals surface area contributed by atoms with Crippen LogP contribution in [-0.2, 0) is 0 Å². The largest absolute Gasteiger partial charge is 0.0622 e. The fraction of sp³-hybridized carbons (Fsp3) is 0.268. The molecule has 0 heteroatoms. The second kappa shape index (κ2) is 20.9. The Balaban J connectivity index is 0.000000259. The van der Waals surface area contributed by atoms with Crippen LogP contribution in [0.5, 0.6) is 0 Å². The standard InChI is InChI=1S/2C10H14.3C7H8/c2*1-8(2)10-6-4-9(3)5-7-10;3*1-7-5-3-2-4-6-7/h2*4-8H,1-3H3;3*2-6H,1H3. The summed E-state index contributed by atoms with van der Waals surface area (Å²) >= 11 is 0. The first kappa shape index (κ1) is 35.1. The fourth-order valence-corrected chi connectivity index (χ4v) is 3.51. The van der Waals surface area contributed by atoms with Gasteiger partial charge in [-0.3, -0.25) is 0 Å². The third-order valence-electron chi connectivity index (χ3n) is 6.31. The van der Waals surface area contributed by atoms with Gasteiger partial charge in [0.25, 0.3) is 0 Å². The second-order valence-electron chi connectivity index (χ2n) is 11.1. The minimum atomic E-state index is 0.653. The van der Waals surface area contributed by atoms with Gasteiger partial charge in [-0.25, -0.2) is 0 Å². The highest BCUT2D eigenvalue weighted by Gasteiger charge is 1.96. The predicted molar refractivity (Wildman–Crippen MR) is 184 cm³/mol. The van der Waals surface area contributed by atoms with E-state index in [2.05, 4.69) is 147 Å². The van der Waals surface area contributed by atoms with Crippen molar-refractivity contribution in [1.29, 1.82) is 0 Å². The molecule has 0 aromatic heterocycles. The molecule has 5 rings (SSSR count). The zero-order valence-electron chi connectivity index (χ0n) is 26.9. The quantitative estimate of drug-likeness (QED) is 0.207. The van der Waals surface area contributed by atoms with Gasteiger partial charge in [-0.15, -0.1) is 0 Å². The van der Waals surface area contributed by atoms with E-state index in [-0.39, 0.29) is 0 Å². The van der Waals surface area contributed by atoms with Crippen LogP contribution in [0.2, 0.25) is 0 Å². The maximum atomic E-state index is 2.21. The Morgan fingerprint density at radius 3 is 0.610 bits per heavy atom. The van der Waals surface area contributed by atoms with E-state index in [1.54, 1.807) is 0 Å². The zero-order chi connectivity index (χ0) is 30.5. The average Bonchev–Trinajstić information content (AvgIpc) is 2.96. The van der Waals surface area contributed by atoms with Crippen LogP contribution in [0.15, 0.2) is 140 Å². The summed E-state index contributed by atoms with van der Waals surface area (Å²) in [7, 11) is 0. The molecular formula is C41H52. The Morgan fingerprint density at radius 2 is 0.463 bits per heavy atom. The van der Waals surface area contributed by atoms with Crippen molar-refractivity contribution < 1.29 is 0 Å². The number of rotatable bonds is 2. The Hall–Kier alpha value is -3.90. The van der Waals surface area contributed by atoms with Crippen molar-refractivity contribution >= 4 is 0 Å². The van der Waals surface area contributed by atoms with E-state index in [4.69, 9.17) is 0 Å². The highest BCUT2D eigenvalue weighted by molar-refractivity contribution is 5.24. The highest BCUT2D eigenvalue weighted by Crippen LogP contribution is 2.14. The minimum Gasteiger partial charge on any atom is -0.0622 e. The van der Waals surface area contributed by atoms with Gasteiger partial charge >= 0.3 is 0 Å². The smallest absolute Gasteiger partial charge is 0.0219 e. The van der Waals surface area contributed by atoms with E-state index in [1.165, 1.54) is 38.9 Å². The minimum absolute atomic E-state index is 0.653. The van der Waals surface area contributed by atoms with Gasteiger partial charge in [0.05, 0.1) is 0 Å². The Kier molecular flexibility index (Phi) is 17.9. The van der Waals surface area contributed by atoms with E-state index in [1.807, 2.05) is 54.6 Å². The SMILES string of the molecule is Cc1ccc(C(C)C)cc1.Cc1ccc(C(C)C)cc1.Cc1ccccc1.Cc1ccccc1.Cc1ccccc1. The van der Waals surface area contributed by atoms with E-state index >= 15 is 0 Å². The number of hydrogen-bond donors (Lipinski definition) is 0. The highest BCUT2D eigenvalue weighted by atomic mass is 14.0. The Bertz CT molecular complexity index is 1130. The molecule has 0 aliphatic heterocycles. The lowest BCUT2D eigenvalue weighted by molar-refractivity contribution is 0.866. The molecule has 0 radical (unpaired) electrons. The predicted octanol–water partition coefficient (Wildman–Crippen LogP) is 12.2. The molecule has 0 nitrogen and oxygen atoms in total. The summed E-state index contributed by atoms with van der Waals surface area (Å²) in [6, 6.07) is 48.2. The summed E-state index contributed by atoms with van der Waals surface area (Å²) in [5, 5.41) is 0. The molecular weight excluding hydrogens is 492 g/mol. The lowest BCUT2D eigenvalue weighted by Crippen LogP contribution is -1.85. The third kappa shape index (κ3) is 18.1. The van der Waals surface area contributed by atoms with Crippen molar-refractivity contribution in [2.24, 2.45) is 0 Å². The molecule has 5 aromatic carbocycles. The second-order valence-corrected chi connectivity index (χ2v) is 11.1. The molecule has 41 heavy (non-hydrogen) atoms. The molecule has 0 fully saturated rings. The first-order valence-electron chi connectivity index (χ1n) is 14.8. The van der Waals surface area contributed by atoms with Gasteiger partial charge in [0.15, 0.2) is 0 Å². The normalized spacial score (nSPS) is 9.54. The first-order chi connectivity index (χ1) is 19.6. The van der Waals surface area contributed by atoms with Crippen LogP contribution in [0.3, 0.4) is 0 Å². The number of aryl methyl sites for hydroxylation is 5. The molecule has 5 aromatic rings. The van der Waals surface area contributed by atoms with Crippen LogP contribution in [0.4, 0.5) is 0 Å². The van der Waals surface area contributed by atoms with Crippen LogP contribution < -0.4 is 0 Å². The third-order valence-corrected chi connectivity index (χ3v) is 6.31. The first-order valence-corrected chi connectivity index (χ1v) is 14.8. The van der Waals surface area contributed by atoms with Crippen molar-refractivity contribution in [2.75, 3.05) is 0 Å². The van der Waals surface area contributed by atoms with Crippen molar-refractivity contribution in [3.05, 3.63) is 178 Å². The molecule has 0 amide bonds. The van der Waals surface area contributed by atoms with Crippen LogP contribution in [0.1, 0.15) is 78.5 Å². The maximum absolute atomic E-state index is 2.21. The van der Waals surface area contributed by atoms with E-state index in [9.17, 15) is 0 Å². The van der Waals surface area contributed by atoms with Crippen molar-refractivity contribution in [2.45, 2.75) is 74.1 Å². The van der Waals surface area contributed by atoms with Gasteiger partial charge in [-0.1, -0.05) is 195 Å². The topological polar surface area (TPSA) is 0 Å². The lowest BCUT2D eigenvalue weighted by atomic mass is 10.0. The van der Waals surface area contributed by atoms with Gasteiger partial charge in [0, 0.05) is 0 Å². The van der Waals surface area contributed by atoms with Crippen LogP contribution in [0, 0.1) is 34.6 Å². The Morgan fingerprint density at radius 1 is 0.268 bits per heavy atom. The molecule has 216 valence electrons. The molecule has 0 spiro atoms. The monoisotopic (exact) mass is 544 g/mol. The van der Waals surface area contributed by atoms with Crippen LogP contribution >= 0.6 is 0 Å². The van der Waals surface area contributed by atoms with Gasteiger partial charge < -0.3 is 0 Å². The summed E-state index contributed by atoms with van der Waals surface area (Å²) in [5.41, 5.74) is 9.48. The summed E-state index contributed by atoms with van der Waals surface area (Å²) < 4.78 is 0. The van der Waals surface area contributed by atoms with E-state index in [0.29, 0.717) is 11.8 Å². The molecule has 0 aliphatic rings. The van der Waals surface area contributed by atoms with Crippen molar-refractivity contribution in [1.82, 2.24) is 0 Å². The average molecular weight is 545 g/mol.